The summed E-state index contributed by atoms with van der Waals surface area (Å²) < 4.78 is 4.77. The summed E-state index contributed by atoms with van der Waals surface area (Å²) in [6.45, 7) is 0. The quantitative estimate of drug-likeness (QED) is 0.359. The summed E-state index contributed by atoms with van der Waals surface area (Å²) in [5.74, 6) is -0.506. The maximum atomic E-state index is 12.2. The van der Waals surface area contributed by atoms with E-state index in [0.29, 0.717) is 21.8 Å². The molecule has 0 aliphatic rings. The molecule has 0 saturated heterocycles. The summed E-state index contributed by atoms with van der Waals surface area (Å²) in [5.41, 5.74) is 12.5. The summed E-state index contributed by atoms with van der Waals surface area (Å²) >= 11 is 5.89. The second-order valence-electron chi connectivity index (χ2n) is 5.74. The molecule has 0 aliphatic carbocycles. The molecular formula is C19H17ClN6O3. The Bertz CT molecular complexity index is 1060. The number of anilines is 4. The van der Waals surface area contributed by atoms with Crippen LogP contribution in [-0.4, -0.2) is 29.0 Å². The Morgan fingerprint density at radius 1 is 1.07 bits per heavy atom. The summed E-state index contributed by atoms with van der Waals surface area (Å²) in [6.07, 6.45) is 1.26. The van der Waals surface area contributed by atoms with Crippen LogP contribution in [0, 0.1) is 0 Å². The number of nitrogens with zero attached hydrogens (tertiary/aromatic N) is 2. The van der Waals surface area contributed by atoms with Crippen molar-refractivity contribution in [1.82, 2.24) is 15.4 Å². The molecule has 10 heteroatoms. The third-order valence-corrected chi connectivity index (χ3v) is 4.09. The van der Waals surface area contributed by atoms with Gasteiger partial charge in [-0.05, 0) is 30.3 Å². The predicted octanol–water partition coefficient (Wildman–Crippen LogP) is 3.00. The van der Waals surface area contributed by atoms with Gasteiger partial charge in [-0.25, -0.2) is 14.8 Å². The molecule has 0 unspecified atom stereocenters. The van der Waals surface area contributed by atoms with Crippen LogP contribution in [-0.2, 0) is 4.74 Å². The molecule has 5 N–H and O–H groups in total. The van der Waals surface area contributed by atoms with Gasteiger partial charge in [0, 0.05) is 10.6 Å². The molecule has 0 bridgehead atoms. The fourth-order valence-corrected chi connectivity index (χ4v) is 2.61. The Labute approximate surface area is 171 Å². The lowest BCUT2D eigenvalue weighted by molar-refractivity contribution is 0.0601. The van der Waals surface area contributed by atoms with Crippen LogP contribution in [0.25, 0.3) is 0 Å². The molecule has 3 rings (SSSR count). The fraction of sp³-hybridized carbons (Fsp3) is 0.0526. The lowest BCUT2D eigenvalue weighted by Gasteiger charge is -2.14. The number of esters is 1. The summed E-state index contributed by atoms with van der Waals surface area (Å²) in [4.78, 5) is 32.2. The molecule has 9 nitrogen and oxygen atoms in total. The standard InChI is InChI=1S/C19H17ClN6O3/c1-29-19(28)13-7-2-3-8-14(13)24-16-15(21)17(23-10-22-16)25-26-18(27)11-5-4-6-12(20)9-11/h2-10H,21H2,1H3,(H,26,27)(H2,22,23,24,25). The maximum Gasteiger partial charge on any atom is 0.339 e. The van der Waals surface area contributed by atoms with Crippen molar-refractivity contribution in [3.05, 3.63) is 71.0 Å². The van der Waals surface area contributed by atoms with Gasteiger partial charge in [0.1, 0.15) is 12.0 Å². The van der Waals surface area contributed by atoms with Gasteiger partial charge in [-0.3, -0.25) is 15.6 Å². The molecule has 29 heavy (non-hydrogen) atoms. The number of hydrazine groups is 1. The summed E-state index contributed by atoms with van der Waals surface area (Å²) in [7, 11) is 1.29. The minimum Gasteiger partial charge on any atom is -0.465 e. The monoisotopic (exact) mass is 412 g/mol. The zero-order valence-electron chi connectivity index (χ0n) is 15.3. The van der Waals surface area contributed by atoms with E-state index in [1.807, 2.05) is 0 Å². The van der Waals surface area contributed by atoms with E-state index in [1.54, 1.807) is 42.5 Å². The number of hydrogen-bond acceptors (Lipinski definition) is 8. The van der Waals surface area contributed by atoms with E-state index in [2.05, 4.69) is 26.1 Å². The van der Waals surface area contributed by atoms with Gasteiger partial charge in [0.05, 0.1) is 18.4 Å². The molecule has 0 atom stereocenters. The van der Waals surface area contributed by atoms with Crippen molar-refractivity contribution < 1.29 is 14.3 Å². The Morgan fingerprint density at radius 2 is 1.83 bits per heavy atom. The van der Waals surface area contributed by atoms with Gasteiger partial charge in [-0.2, -0.15) is 0 Å². The number of ether oxygens (including phenoxy) is 1. The van der Waals surface area contributed by atoms with Crippen LogP contribution >= 0.6 is 11.6 Å². The molecule has 0 radical (unpaired) electrons. The van der Waals surface area contributed by atoms with Crippen molar-refractivity contribution in [3.63, 3.8) is 0 Å². The average Bonchev–Trinajstić information content (AvgIpc) is 2.74. The van der Waals surface area contributed by atoms with E-state index in [9.17, 15) is 9.59 Å². The lowest BCUT2D eigenvalue weighted by atomic mass is 10.2. The van der Waals surface area contributed by atoms with E-state index in [-0.39, 0.29) is 17.3 Å². The molecule has 3 aromatic rings. The van der Waals surface area contributed by atoms with Crippen LogP contribution in [0.1, 0.15) is 20.7 Å². The van der Waals surface area contributed by atoms with Crippen molar-refractivity contribution in [2.24, 2.45) is 0 Å². The molecule has 2 aromatic carbocycles. The number of hydrogen-bond donors (Lipinski definition) is 4. The van der Waals surface area contributed by atoms with Crippen LogP contribution in [0.15, 0.2) is 54.9 Å². The number of nitrogen functional groups attached to an aromatic ring is 1. The van der Waals surface area contributed by atoms with Gasteiger partial charge < -0.3 is 15.8 Å². The zero-order chi connectivity index (χ0) is 20.8. The number of carbonyl (C=O) groups excluding carboxylic acids is 2. The number of amides is 1. The predicted molar refractivity (Wildman–Crippen MR) is 110 cm³/mol. The summed E-state index contributed by atoms with van der Waals surface area (Å²) in [6, 6.07) is 13.2. The summed E-state index contributed by atoms with van der Waals surface area (Å²) in [5, 5.41) is 3.42. The topological polar surface area (TPSA) is 131 Å². The lowest BCUT2D eigenvalue weighted by Crippen LogP contribution is -2.30. The van der Waals surface area contributed by atoms with E-state index in [1.165, 1.54) is 19.5 Å². The fourth-order valence-electron chi connectivity index (χ4n) is 2.42. The molecule has 1 aromatic heterocycles. The van der Waals surface area contributed by atoms with Gasteiger partial charge in [-0.1, -0.05) is 29.8 Å². The van der Waals surface area contributed by atoms with Crippen molar-refractivity contribution in [2.75, 3.05) is 23.6 Å². The van der Waals surface area contributed by atoms with E-state index in [4.69, 9.17) is 22.1 Å². The number of para-hydroxylation sites is 1. The number of aromatic nitrogens is 2. The minimum atomic E-state index is -0.507. The molecule has 148 valence electrons. The Hall–Kier alpha value is -3.85. The molecule has 0 saturated carbocycles. The molecule has 0 aliphatic heterocycles. The molecule has 0 fully saturated rings. The van der Waals surface area contributed by atoms with Crippen molar-refractivity contribution in [2.45, 2.75) is 0 Å². The van der Waals surface area contributed by atoms with E-state index >= 15 is 0 Å². The number of halogens is 1. The smallest absolute Gasteiger partial charge is 0.339 e. The van der Waals surface area contributed by atoms with E-state index < -0.39 is 11.9 Å². The minimum absolute atomic E-state index is 0.138. The van der Waals surface area contributed by atoms with Crippen LogP contribution < -0.4 is 21.9 Å². The van der Waals surface area contributed by atoms with Gasteiger partial charge in [-0.15, -0.1) is 0 Å². The van der Waals surface area contributed by atoms with E-state index in [0.717, 1.165) is 0 Å². The Morgan fingerprint density at radius 3 is 2.59 bits per heavy atom. The van der Waals surface area contributed by atoms with Crippen LogP contribution in [0.5, 0.6) is 0 Å². The van der Waals surface area contributed by atoms with Crippen molar-refractivity contribution in [3.8, 4) is 0 Å². The molecule has 0 spiro atoms. The van der Waals surface area contributed by atoms with Crippen molar-refractivity contribution in [1.29, 1.82) is 0 Å². The first kappa shape index (κ1) is 19.9. The number of carbonyl (C=O) groups is 2. The first-order chi connectivity index (χ1) is 14.0. The molecular weight excluding hydrogens is 396 g/mol. The Balaban J connectivity index is 1.77. The maximum absolute atomic E-state index is 12.2. The number of nitrogens with one attached hydrogen (secondary N) is 3. The number of nitrogens with two attached hydrogens (primary N) is 1. The average molecular weight is 413 g/mol. The van der Waals surface area contributed by atoms with Crippen LogP contribution in [0.2, 0.25) is 5.02 Å². The second kappa shape index (κ2) is 8.89. The molecule has 1 amide bonds. The highest BCUT2D eigenvalue weighted by molar-refractivity contribution is 6.31. The van der Waals surface area contributed by atoms with Gasteiger partial charge in [0.25, 0.3) is 5.91 Å². The number of methoxy groups -OCH3 is 1. The van der Waals surface area contributed by atoms with Gasteiger partial charge >= 0.3 is 5.97 Å². The second-order valence-corrected chi connectivity index (χ2v) is 6.17. The highest BCUT2D eigenvalue weighted by Gasteiger charge is 2.15. The number of rotatable bonds is 6. The third-order valence-electron chi connectivity index (χ3n) is 3.85. The first-order valence-corrected chi connectivity index (χ1v) is 8.74. The zero-order valence-corrected chi connectivity index (χ0v) is 16.0. The third kappa shape index (κ3) is 4.71. The van der Waals surface area contributed by atoms with Crippen LogP contribution in [0.4, 0.5) is 23.0 Å². The largest absolute Gasteiger partial charge is 0.465 e. The molecule has 1 heterocycles. The first-order valence-electron chi connectivity index (χ1n) is 8.36. The highest BCUT2D eigenvalue weighted by atomic mass is 35.5. The number of benzene rings is 2. The van der Waals surface area contributed by atoms with Crippen LogP contribution in [0.3, 0.4) is 0 Å². The van der Waals surface area contributed by atoms with Gasteiger partial charge in [0.2, 0.25) is 0 Å². The van der Waals surface area contributed by atoms with Crippen molar-refractivity contribution >= 4 is 46.5 Å². The SMILES string of the molecule is COC(=O)c1ccccc1Nc1ncnc(NNC(=O)c2cccc(Cl)c2)c1N. The Kier molecular flexibility index (Phi) is 6.10. The highest BCUT2D eigenvalue weighted by Crippen LogP contribution is 2.27. The van der Waals surface area contributed by atoms with Gasteiger partial charge in [0.15, 0.2) is 11.6 Å². The normalized spacial score (nSPS) is 10.1.